The van der Waals surface area contributed by atoms with Crippen LogP contribution in [0.4, 0.5) is 4.39 Å². The molecule has 0 aliphatic carbocycles. The molecule has 2 aromatic rings. The first-order chi connectivity index (χ1) is 10.9. The van der Waals surface area contributed by atoms with E-state index in [1.165, 1.54) is 0 Å². The smallest absolute Gasteiger partial charge is 0.261 e. The van der Waals surface area contributed by atoms with Crippen molar-refractivity contribution in [3.63, 3.8) is 0 Å². The van der Waals surface area contributed by atoms with Crippen LogP contribution in [0, 0.1) is 0 Å². The van der Waals surface area contributed by atoms with Crippen LogP contribution in [0.2, 0.25) is 0 Å². The maximum absolute atomic E-state index is 14.3. The Balaban J connectivity index is 1.97. The molecule has 0 bridgehead atoms. The first-order valence-electron chi connectivity index (χ1n) is 6.93. The Hall–Kier alpha value is -1.53. The highest BCUT2D eigenvalue weighted by Crippen LogP contribution is 2.41. The van der Waals surface area contributed by atoms with E-state index in [9.17, 15) is 14.0 Å². The summed E-state index contributed by atoms with van der Waals surface area (Å²) < 4.78 is 13.1. The molecule has 2 atom stereocenters. The van der Waals surface area contributed by atoms with E-state index >= 15 is 0 Å². The fourth-order valence-corrected chi connectivity index (χ4v) is 3.54. The van der Waals surface area contributed by atoms with E-state index in [0.717, 1.165) is 4.90 Å². The Bertz CT molecular complexity index is 731. The Labute approximate surface area is 149 Å². The van der Waals surface area contributed by atoms with Gasteiger partial charge in [0.15, 0.2) is 5.08 Å². The molecule has 1 aliphatic rings. The summed E-state index contributed by atoms with van der Waals surface area (Å²) in [6.45, 7) is -0.115. The van der Waals surface area contributed by atoms with Crippen LogP contribution in [0.15, 0.2) is 54.6 Å². The van der Waals surface area contributed by atoms with Crippen molar-refractivity contribution in [1.29, 1.82) is 0 Å². The zero-order valence-corrected chi connectivity index (χ0v) is 15.1. The van der Waals surface area contributed by atoms with Gasteiger partial charge in [-0.15, -0.1) is 0 Å². The van der Waals surface area contributed by atoms with E-state index < -0.39 is 21.2 Å². The van der Waals surface area contributed by atoms with Crippen LogP contribution in [0.5, 0.6) is 0 Å². The van der Waals surface area contributed by atoms with E-state index in [-0.39, 0.29) is 6.54 Å². The van der Waals surface area contributed by atoms with Crippen LogP contribution in [-0.4, -0.2) is 28.3 Å². The van der Waals surface area contributed by atoms with Crippen molar-refractivity contribution < 1.29 is 14.0 Å². The second kappa shape index (κ2) is 6.17. The molecular formula is C17H12Br2FNO2. The molecule has 0 saturated heterocycles. The van der Waals surface area contributed by atoms with Gasteiger partial charge in [0, 0.05) is 0 Å². The lowest BCUT2D eigenvalue weighted by Crippen LogP contribution is -2.43. The first kappa shape index (κ1) is 16.3. The number of fused-ring (bicyclic) bond motifs is 1. The minimum Gasteiger partial charge on any atom is -0.272 e. The average molecular weight is 441 g/mol. The lowest BCUT2D eigenvalue weighted by Gasteiger charge is -2.32. The highest BCUT2D eigenvalue weighted by Gasteiger charge is 2.45. The van der Waals surface area contributed by atoms with E-state index in [4.69, 9.17) is 0 Å². The first-order valence-corrected chi connectivity index (χ1v) is 8.64. The van der Waals surface area contributed by atoms with Crippen molar-refractivity contribution in [2.75, 3.05) is 6.54 Å². The number of hydrogen-bond acceptors (Lipinski definition) is 2. The number of alkyl halides is 3. The molecule has 0 radical (unpaired) electrons. The second-order valence-corrected chi connectivity index (χ2v) is 7.49. The van der Waals surface area contributed by atoms with Gasteiger partial charge in [-0.05, 0) is 33.6 Å². The zero-order chi connectivity index (χ0) is 16.6. The molecule has 0 saturated carbocycles. The lowest BCUT2D eigenvalue weighted by molar-refractivity contribution is 0.0631. The lowest BCUT2D eigenvalue weighted by atomic mass is 9.99. The summed E-state index contributed by atoms with van der Waals surface area (Å²) in [7, 11) is 0. The van der Waals surface area contributed by atoms with Gasteiger partial charge in [-0.25, -0.2) is 4.39 Å². The van der Waals surface area contributed by atoms with Crippen molar-refractivity contribution in [3.05, 3.63) is 71.3 Å². The highest BCUT2D eigenvalue weighted by atomic mass is 79.9. The van der Waals surface area contributed by atoms with Crippen molar-refractivity contribution >= 4 is 43.7 Å². The van der Waals surface area contributed by atoms with E-state index in [0.29, 0.717) is 16.7 Å². The van der Waals surface area contributed by atoms with Gasteiger partial charge in [0.1, 0.15) is 4.32 Å². The third kappa shape index (κ3) is 2.74. The van der Waals surface area contributed by atoms with Gasteiger partial charge in [-0.2, -0.15) is 0 Å². The van der Waals surface area contributed by atoms with Gasteiger partial charge in [-0.1, -0.05) is 58.4 Å². The topological polar surface area (TPSA) is 37.4 Å². The number of amides is 2. The third-order valence-corrected chi connectivity index (χ3v) is 6.37. The summed E-state index contributed by atoms with van der Waals surface area (Å²) in [6, 6.07) is 15.5. The monoisotopic (exact) mass is 439 g/mol. The predicted octanol–water partition coefficient (Wildman–Crippen LogP) is 4.26. The second-order valence-electron chi connectivity index (χ2n) is 5.27. The number of carbonyl (C=O) groups excluding carboxylic acids is 2. The Morgan fingerprint density at radius 1 is 0.957 bits per heavy atom. The average Bonchev–Trinajstić information content (AvgIpc) is 2.81. The summed E-state index contributed by atoms with van der Waals surface area (Å²) in [5, 5.41) is -1.48. The number of carbonyl (C=O) groups is 2. The summed E-state index contributed by atoms with van der Waals surface area (Å²) in [5.41, 5.74) is 1.34. The number of rotatable bonds is 4. The quantitative estimate of drug-likeness (QED) is 0.526. The number of hydrogen-bond donors (Lipinski definition) is 0. The summed E-state index contributed by atoms with van der Waals surface area (Å²) in [6.07, 6.45) is 0. The van der Waals surface area contributed by atoms with Crippen LogP contribution >= 0.6 is 31.9 Å². The number of halogens is 3. The molecule has 1 aliphatic heterocycles. The normalized spacial score (nSPS) is 17.8. The Morgan fingerprint density at radius 2 is 1.43 bits per heavy atom. The minimum absolute atomic E-state index is 0.115. The molecule has 3 rings (SSSR count). The highest BCUT2D eigenvalue weighted by molar-refractivity contribution is 9.12. The molecule has 2 unspecified atom stereocenters. The SMILES string of the molecule is O=C1c2ccccc2C(=O)N1CC(Br)(c1ccccc1)C(F)Br. The Morgan fingerprint density at radius 3 is 1.91 bits per heavy atom. The molecule has 1 heterocycles. The van der Waals surface area contributed by atoms with Gasteiger partial charge in [0.05, 0.1) is 17.7 Å². The molecule has 0 aromatic heterocycles. The summed E-state index contributed by atoms with van der Waals surface area (Å²) >= 11 is 6.35. The number of benzene rings is 2. The molecular weight excluding hydrogens is 429 g/mol. The van der Waals surface area contributed by atoms with Gasteiger partial charge in [-0.3, -0.25) is 14.5 Å². The zero-order valence-electron chi connectivity index (χ0n) is 11.9. The van der Waals surface area contributed by atoms with Gasteiger partial charge < -0.3 is 0 Å². The maximum atomic E-state index is 14.3. The van der Waals surface area contributed by atoms with Crippen LogP contribution in [0.3, 0.4) is 0 Å². The van der Waals surface area contributed by atoms with Gasteiger partial charge in [0.25, 0.3) is 11.8 Å². The van der Waals surface area contributed by atoms with Crippen LogP contribution in [0.25, 0.3) is 0 Å². The summed E-state index contributed by atoms with van der Waals surface area (Å²) in [5.74, 6) is -0.808. The fourth-order valence-electron chi connectivity index (χ4n) is 2.61. The van der Waals surface area contributed by atoms with Crippen LogP contribution in [-0.2, 0) is 4.32 Å². The van der Waals surface area contributed by atoms with Crippen LogP contribution in [0.1, 0.15) is 26.3 Å². The number of nitrogens with zero attached hydrogens (tertiary/aromatic N) is 1. The van der Waals surface area contributed by atoms with E-state index in [2.05, 4.69) is 31.9 Å². The largest absolute Gasteiger partial charge is 0.272 e. The molecule has 118 valence electrons. The van der Waals surface area contributed by atoms with Crippen molar-refractivity contribution in [2.45, 2.75) is 9.41 Å². The molecule has 6 heteroatoms. The van der Waals surface area contributed by atoms with Gasteiger partial charge >= 0.3 is 0 Å². The minimum atomic E-state index is -1.48. The molecule has 23 heavy (non-hydrogen) atoms. The summed E-state index contributed by atoms with van der Waals surface area (Å²) in [4.78, 5) is 26.1. The molecule has 0 spiro atoms. The van der Waals surface area contributed by atoms with Crippen molar-refractivity contribution in [2.24, 2.45) is 0 Å². The van der Waals surface area contributed by atoms with Gasteiger partial charge in [0.2, 0.25) is 0 Å². The molecule has 2 aromatic carbocycles. The molecule has 0 N–H and O–H groups in total. The van der Waals surface area contributed by atoms with E-state index in [1.807, 2.05) is 6.07 Å². The fraction of sp³-hybridized carbons (Fsp3) is 0.176. The van der Waals surface area contributed by atoms with Crippen molar-refractivity contribution in [1.82, 2.24) is 4.90 Å². The standard InChI is InChI=1S/C17H12Br2FNO2/c18-16(20)17(19,11-6-2-1-3-7-11)10-21-14(22)12-8-4-5-9-13(12)15(21)23/h1-9,16H,10H2. The predicted molar refractivity (Wildman–Crippen MR) is 92.7 cm³/mol. The number of imide groups is 1. The molecule has 0 fully saturated rings. The van der Waals surface area contributed by atoms with Crippen molar-refractivity contribution in [3.8, 4) is 0 Å². The maximum Gasteiger partial charge on any atom is 0.261 e. The third-order valence-electron chi connectivity index (χ3n) is 3.87. The Kier molecular flexibility index (Phi) is 4.38. The molecule has 3 nitrogen and oxygen atoms in total. The molecule has 2 amide bonds. The van der Waals surface area contributed by atoms with Crippen LogP contribution < -0.4 is 0 Å². The van der Waals surface area contributed by atoms with E-state index in [1.54, 1.807) is 48.5 Å².